The number of pyridine rings is 1. The van der Waals surface area contributed by atoms with E-state index in [9.17, 15) is 64.4 Å². The molecule has 2 aromatic rings. The molecule has 0 radical (unpaired) electrons. The second-order valence-corrected chi connectivity index (χ2v) is 15.9. The van der Waals surface area contributed by atoms with E-state index in [0.29, 0.717) is 5.75 Å². The van der Waals surface area contributed by atoms with E-state index < -0.39 is 125 Å². The number of phosphoric acid groups is 1. The number of carboxylic acid groups (broad SMARTS) is 1. The number of aliphatic carboxylic acids is 1. The van der Waals surface area contributed by atoms with Crippen molar-refractivity contribution in [1.29, 1.82) is 0 Å². The highest BCUT2D eigenvalue weighted by Gasteiger charge is 2.59. The maximum Gasteiger partial charge on any atom is 0.475 e. The van der Waals surface area contributed by atoms with Crippen molar-refractivity contribution in [3.8, 4) is 0 Å². The average Bonchev–Trinajstić information content (AvgIpc) is 3.41. The zero-order chi connectivity index (χ0) is 40.5. The fourth-order valence-corrected chi connectivity index (χ4v) is 8.24. The number of hydrogen-bond acceptors (Lipinski definition) is 20. The van der Waals surface area contributed by atoms with Gasteiger partial charge in [-0.3, -0.25) is 18.7 Å². The van der Waals surface area contributed by atoms with Gasteiger partial charge in [-0.25, -0.2) is 23.7 Å². The number of hydrogen-bond donors (Lipinski definition) is 11. The molecule has 306 valence electrons. The van der Waals surface area contributed by atoms with Crippen LogP contribution in [0.25, 0.3) is 0 Å². The molecule has 2 aromatic heterocycles. The fourth-order valence-electron chi connectivity index (χ4n) is 5.41. The van der Waals surface area contributed by atoms with E-state index in [0.717, 1.165) is 15.8 Å². The molecular weight excluding hydrogens is 799 g/mol. The van der Waals surface area contributed by atoms with Crippen LogP contribution in [0, 0.1) is 0 Å². The number of ether oxygens (including phenoxy) is 2. The second kappa shape index (κ2) is 19.7. The number of anilines is 1. The van der Waals surface area contributed by atoms with Crippen molar-refractivity contribution in [1.82, 2.24) is 25.2 Å². The summed E-state index contributed by atoms with van der Waals surface area (Å²) >= 11 is 0. The Balaban J connectivity index is 1.40. The molecule has 55 heavy (non-hydrogen) atoms. The number of nitrogen functional groups attached to an aromatic ring is 1. The zero-order valence-corrected chi connectivity index (χ0v) is 31.1. The van der Waals surface area contributed by atoms with Crippen molar-refractivity contribution in [2.24, 2.45) is 0 Å². The molecule has 0 spiro atoms. The van der Waals surface area contributed by atoms with Gasteiger partial charge in [0.05, 0.1) is 31.4 Å². The molecule has 2 amide bonds. The van der Waals surface area contributed by atoms with Crippen LogP contribution in [-0.4, -0.2) is 153 Å². The minimum atomic E-state index is -5.62. The van der Waals surface area contributed by atoms with E-state index in [-0.39, 0.29) is 12.2 Å². The predicted octanol–water partition coefficient (Wildman–Crippen LogP) is -3.56. The quantitative estimate of drug-likeness (QED) is 0.0370. The Kier molecular flexibility index (Phi) is 15.9. The molecule has 2 aliphatic heterocycles. The summed E-state index contributed by atoms with van der Waals surface area (Å²) in [4.78, 5) is 68.1. The summed E-state index contributed by atoms with van der Waals surface area (Å²) < 4.78 is 34.5. The number of phosphoric ester groups is 1. The van der Waals surface area contributed by atoms with Gasteiger partial charge < -0.3 is 66.5 Å². The van der Waals surface area contributed by atoms with Crippen molar-refractivity contribution in [2.45, 2.75) is 85.1 Å². The van der Waals surface area contributed by atoms with Crippen LogP contribution in [0.2, 0.25) is 0 Å². The van der Waals surface area contributed by atoms with Crippen molar-refractivity contribution in [3.05, 3.63) is 47.1 Å². The van der Waals surface area contributed by atoms with Gasteiger partial charge in [0.1, 0.15) is 41.4 Å². The van der Waals surface area contributed by atoms with Gasteiger partial charge >= 0.3 is 19.5 Å². The molecule has 26 heteroatoms. The molecule has 2 unspecified atom stereocenters. The van der Waals surface area contributed by atoms with E-state index in [1.807, 2.05) is 0 Å². The van der Waals surface area contributed by atoms with Crippen LogP contribution in [0.4, 0.5) is 5.82 Å². The number of carbonyl (C=O) groups excluding carboxylic acids is 2. The summed E-state index contributed by atoms with van der Waals surface area (Å²) in [5, 5.41) is 78.1. The molecular formula is C29H41N6O17PS2. The van der Waals surface area contributed by atoms with Crippen LogP contribution in [0.1, 0.15) is 25.5 Å². The summed E-state index contributed by atoms with van der Waals surface area (Å²) in [7, 11) is -2.93. The summed E-state index contributed by atoms with van der Waals surface area (Å²) in [6.07, 6.45) is -13.9. The molecule has 0 aromatic carbocycles. The Morgan fingerprint density at radius 3 is 2.56 bits per heavy atom. The largest absolute Gasteiger partial charge is 0.477 e. The van der Waals surface area contributed by atoms with Gasteiger partial charge in [0.15, 0.2) is 6.23 Å². The van der Waals surface area contributed by atoms with Gasteiger partial charge in [-0.05, 0) is 35.4 Å². The number of carbonyl (C=O) groups is 3. The Morgan fingerprint density at radius 2 is 1.91 bits per heavy atom. The number of aliphatic hydroxyl groups excluding tert-OH is 6. The summed E-state index contributed by atoms with van der Waals surface area (Å²) in [5.74, 6) is -6.68. The molecule has 23 nitrogen and oxygen atoms in total. The predicted molar refractivity (Wildman–Crippen MR) is 187 cm³/mol. The molecule has 0 bridgehead atoms. The molecule has 0 aliphatic carbocycles. The monoisotopic (exact) mass is 840 g/mol. The van der Waals surface area contributed by atoms with E-state index in [4.69, 9.17) is 24.3 Å². The van der Waals surface area contributed by atoms with Gasteiger partial charge in [-0.15, -0.1) is 0 Å². The highest BCUT2D eigenvalue weighted by atomic mass is 33.1. The minimum absolute atomic E-state index is 0.0104. The normalized spacial score (nSPS) is 28.8. The third-order valence-corrected chi connectivity index (χ3v) is 11.4. The first-order valence-corrected chi connectivity index (χ1v) is 20.2. The Hall–Kier alpha value is -3.27. The smallest absolute Gasteiger partial charge is 0.475 e. The van der Waals surface area contributed by atoms with Crippen LogP contribution in [0.3, 0.4) is 0 Å². The number of aromatic nitrogens is 3. The number of nitrogens with two attached hydrogens (primary N) is 1. The third-order valence-electron chi connectivity index (χ3n) is 8.15. The first-order valence-electron chi connectivity index (χ1n) is 16.3. The summed E-state index contributed by atoms with van der Waals surface area (Å²) in [6, 6.07) is 4.82. The van der Waals surface area contributed by atoms with Crippen LogP contribution < -0.4 is 22.1 Å². The van der Waals surface area contributed by atoms with Crippen molar-refractivity contribution < 1.29 is 78.1 Å². The maximum absolute atomic E-state index is 13.1. The topological polar surface area (TPSA) is 365 Å². The molecule has 4 heterocycles. The zero-order valence-electron chi connectivity index (χ0n) is 28.5. The second-order valence-electron chi connectivity index (χ2n) is 12.1. The lowest BCUT2D eigenvalue weighted by atomic mass is 9.88. The number of nitrogens with zero attached hydrogens (tertiary/aromatic N) is 3. The van der Waals surface area contributed by atoms with Gasteiger partial charge in [-0.1, -0.05) is 16.9 Å². The van der Waals surface area contributed by atoms with Crippen LogP contribution in [-0.2, 0) is 37.5 Å². The lowest BCUT2D eigenvalue weighted by Crippen LogP contribution is -2.68. The highest BCUT2D eigenvalue weighted by molar-refractivity contribution is 8.76. The van der Waals surface area contributed by atoms with Crippen molar-refractivity contribution in [2.75, 3.05) is 31.2 Å². The van der Waals surface area contributed by atoms with E-state index in [1.54, 1.807) is 24.4 Å². The SMILES string of the molecule is Nc1ccn([C@@H]2O[C@H](COP(=O)(O)O[C@@]3(C(=O)O)CC(O)[C@@H](NC(=O)CNC(=O)CCSSc4ccccn4)[C@H]([C@H](O)[C@H](O)CCO)O3)[C@@H](O)[C@H]2O)c(=O)n1. The summed E-state index contributed by atoms with van der Waals surface area (Å²) in [5.41, 5.74) is 4.49. The highest BCUT2D eigenvalue weighted by Crippen LogP contribution is 2.51. The lowest BCUT2D eigenvalue weighted by Gasteiger charge is -2.46. The number of amides is 2. The average molecular weight is 841 g/mol. The molecule has 11 atom stereocenters. The molecule has 2 aliphatic rings. The molecule has 4 rings (SSSR count). The van der Waals surface area contributed by atoms with Crippen LogP contribution in [0.5, 0.6) is 0 Å². The molecule has 2 saturated heterocycles. The molecule has 2 fully saturated rings. The number of carboxylic acids is 1. The van der Waals surface area contributed by atoms with Gasteiger partial charge in [0.25, 0.3) is 5.79 Å². The van der Waals surface area contributed by atoms with Crippen molar-refractivity contribution >= 4 is 53.0 Å². The van der Waals surface area contributed by atoms with Gasteiger partial charge in [-0.2, -0.15) is 4.98 Å². The summed E-state index contributed by atoms with van der Waals surface area (Å²) in [6.45, 7) is -2.37. The van der Waals surface area contributed by atoms with E-state index in [2.05, 4.69) is 20.6 Å². The first kappa shape index (κ1) is 44.4. The Labute approximate surface area is 319 Å². The molecule has 12 N–H and O–H groups in total. The van der Waals surface area contributed by atoms with Crippen molar-refractivity contribution in [3.63, 3.8) is 0 Å². The van der Waals surface area contributed by atoms with Crippen LogP contribution >= 0.6 is 29.4 Å². The number of aliphatic hydroxyl groups is 6. The van der Waals surface area contributed by atoms with E-state index >= 15 is 0 Å². The Morgan fingerprint density at radius 1 is 1.16 bits per heavy atom. The minimum Gasteiger partial charge on any atom is -0.477 e. The molecule has 0 saturated carbocycles. The van der Waals surface area contributed by atoms with Gasteiger partial charge in [0.2, 0.25) is 11.8 Å². The Bertz CT molecular complexity index is 1730. The van der Waals surface area contributed by atoms with E-state index in [1.165, 1.54) is 27.7 Å². The van der Waals surface area contributed by atoms with Crippen LogP contribution in [0.15, 0.2) is 46.5 Å². The fraction of sp³-hybridized carbons (Fsp3) is 0.586. The lowest BCUT2D eigenvalue weighted by molar-refractivity contribution is -0.288. The number of rotatable bonds is 19. The maximum atomic E-state index is 13.1. The van der Waals surface area contributed by atoms with Gasteiger partial charge in [0, 0.05) is 37.6 Å². The standard InChI is InChI=1S/C29H41N6O17PS2/c30-17-4-8-35(28(46)33-17)26-24(43)23(42)16(50-26)13-49-53(47,48)52-29(27(44)45)11-15(38)21(25(51-29)22(41)14(37)5-9-36)34-19(40)12-32-18(39)6-10-54-55-20-3-1-2-7-31-20/h1-4,7-8,14-16,21-26,36-38,41-43H,5-6,9-13H2,(H,32,39)(H,34,40)(H,44,45)(H,47,48)(H2,30,33,46)/t14-,15?,16-,21-,22-,23-,24-,25-,26-,29-/m1/s1. The third kappa shape index (κ3) is 11.9. The number of nitrogens with one attached hydrogen (secondary N) is 2. The first-order chi connectivity index (χ1) is 26.0.